The fourth-order valence-electron chi connectivity index (χ4n) is 3.64. The molecule has 2 aliphatic carbocycles. The summed E-state index contributed by atoms with van der Waals surface area (Å²) < 4.78 is 0. The lowest BCUT2D eigenvalue weighted by Gasteiger charge is -2.36. The maximum atomic E-state index is 11.1. The fraction of sp³-hybridized carbons (Fsp3) is 0.909. The first kappa shape index (κ1) is 9.97. The molecule has 2 fully saturated rings. The number of rotatable bonds is 1. The van der Waals surface area contributed by atoms with Crippen LogP contribution >= 0.6 is 0 Å². The van der Waals surface area contributed by atoms with Gasteiger partial charge in [-0.15, -0.1) is 0 Å². The lowest BCUT2D eigenvalue weighted by Crippen LogP contribution is -2.39. The average Bonchev–Trinajstić information content (AvgIpc) is 2.35. The van der Waals surface area contributed by atoms with Crippen molar-refractivity contribution >= 4 is 5.97 Å². The van der Waals surface area contributed by atoms with Crippen LogP contribution in [-0.2, 0) is 4.79 Å². The molecule has 0 heterocycles. The number of carboxylic acid groups (broad SMARTS) is 1. The first-order chi connectivity index (χ1) is 6.32. The van der Waals surface area contributed by atoms with E-state index in [4.69, 9.17) is 5.11 Å². The Kier molecular flexibility index (Phi) is 1.79. The average molecular weight is 198 g/mol. The standard InChI is InChI=1S/C11H18O3/c1-10(2)6-4-5-11(10,3)8(12)7(6)9(13)14/h6-8,12H,4-5H2,1-3H3,(H,13,14). The normalized spacial score (nSPS) is 49.6. The highest BCUT2D eigenvalue weighted by atomic mass is 16.4. The van der Waals surface area contributed by atoms with Gasteiger partial charge in [-0.05, 0) is 29.6 Å². The summed E-state index contributed by atoms with van der Waals surface area (Å²) in [5.74, 6) is -1.25. The van der Waals surface area contributed by atoms with Gasteiger partial charge in [-0.1, -0.05) is 20.8 Å². The maximum absolute atomic E-state index is 11.1. The molecule has 0 aromatic rings. The van der Waals surface area contributed by atoms with Crippen molar-refractivity contribution in [3.63, 3.8) is 0 Å². The molecule has 4 unspecified atom stereocenters. The third kappa shape index (κ3) is 0.842. The van der Waals surface area contributed by atoms with Gasteiger partial charge in [0.05, 0.1) is 12.0 Å². The van der Waals surface area contributed by atoms with E-state index in [-0.39, 0.29) is 16.7 Å². The molecule has 2 bridgehead atoms. The molecule has 2 saturated carbocycles. The molecular formula is C11H18O3. The third-order valence-corrected chi connectivity index (χ3v) is 5.09. The van der Waals surface area contributed by atoms with Gasteiger partial charge in [0.25, 0.3) is 0 Å². The van der Waals surface area contributed by atoms with E-state index in [1.165, 1.54) is 0 Å². The number of aliphatic carboxylic acids is 1. The fourth-order valence-corrected chi connectivity index (χ4v) is 3.64. The highest BCUT2D eigenvalue weighted by molar-refractivity contribution is 5.72. The van der Waals surface area contributed by atoms with Crippen molar-refractivity contribution in [3.05, 3.63) is 0 Å². The van der Waals surface area contributed by atoms with E-state index in [9.17, 15) is 9.90 Å². The van der Waals surface area contributed by atoms with Gasteiger partial charge in [-0.25, -0.2) is 0 Å². The second kappa shape index (κ2) is 2.51. The first-order valence-corrected chi connectivity index (χ1v) is 5.23. The largest absolute Gasteiger partial charge is 0.481 e. The zero-order valence-electron chi connectivity index (χ0n) is 8.95. The van der Waals surface area contributed by atoms with Crippen LogP contribution in [0.5, 0.6) is 0 Å². The van der Waals surface area contributed by atoms with Crippen LogP contribution in [0.2, 0.25) is 0 Å². The minimum absolute atomic E-state index is 0.0462. The van der Waals surface area contributed by atoms with Gasteiger partial charge in [0.1, 0.15) is 0 Å². The number of hydrogen-bond donors (Lipinski definition) is 2. The molecule has 2 rings (SSSR count). The number of aliphatic hydroxyl groups excluding tert-OH is 1. The Hall–Kier alpha value is -0.570. The molecular weight excluding hydrogens is 180 g/mol. The number of carbonyl (C=O) groups is 1. The minimum Gasteiger partial charge on any atom is -0.481 e. The SMILES string of the molecule is CC1(C)C2CCC1(C)C(O)C2C(=O)O. The molecule has 2 N–H and O–H groups in total. The first-order valence-electron chi connectivity index (χ1n) is 5.23. The van der Waals surface area contributed by atoms with Crippen molar-refractivity contribution < 1.29 is 15.0 Å². The van der Waals surface area contributed by atoms with E-state index in [2.05, 4.69) is 13.8 Å². The van der Waals surface area contributed by atoms with E-state index in [0.717, 1.165) is 12.8 Å². The van der Waals surface area contributed by atoms with E-state index in [1.807, 2.05) is 6.92 Å². The van der Waals surface area contributed by atoms with E-state index < -0.39 is 18.0 Å². The second-order valence-electron chi connectivity index (χ2n) is 5.59. The summed E-state index contributed by atoms with van der Waals surface area (Å²) in [6.07, 6.45) is 1.22. The Morgan fingerprint density at radius 1 is 1.36 bits per heavy atom. The van der Waals surface area contributed by atoms with Crippen molar-refractivity contribution in [2.45, 2.75) is 39.7 Å². The van der Waals surface area contributed by atoms with Crippen LogP contribution in [0.4, 0.5) is 0 Å². The van der Waals surface area contributed by atoms with Crippen LogP contribution in [0.15, 0.2) is 0 Å². The van der Waals surface area contributed by atoms with Gasteiger partial charge in [0, 0.05) is 0 Å². The Balaban J connectivity index is 2.44. The van der Waals surface area contributed by atoms with Crippen molar-refractivity contribution in [3.8, 4) is 0 Å². The Morgan fingerprint density at radius 3 is 2.21 bits per heavy atom. The molecule has 3 heteroatoms. The Morgan fingerprint density at radius 2 is 1.93 bits per heavy atom. The highest BCUT2D eigenvalue weighted by Gasteiger charge is 2.67. The van der Waals surface area contributed by atoms with Gasteiger partial charge in [-0.3, -0.25) is 4.79 Å². The molecule has 0 aliphatic heterocycles. The molecule has 80 valence electrons. The summed E-state index contributed by atoms with van der Waals surface area (Å²) in [4.78, 5) is 11.1. The summed E-state index contributed by atoms with van der Waals surface area (Å²) in [7, 11) is 0. The minimum atomic E-state index is -0.834. The smallest absolute Gasteiger partial charge is 0.309 e. The Labute approximate surface area is 84.1 Å². The van der Waals surface area contributed by atoms with Crippen molar-refractivity contribution in [1.82, 2.24) is 0 Å². The topological polar surface area (TPSA) is 57.5 Å². The summed E-state index contributed by atoms with van der Waals surface area (Å²) in [5, 5.41) is 19.2. The van der Waals surface area contributed by atoms with Gasteiger partial charge in [-0.2, -0.15) is 0 Å². The van der Waals surface area contributed by atoms with Crippen LogP contribution in [-0.4, -0.2) is 22.3 Å². The van der Waals surface area contributed by atoms with Gasteiger partial charge < -0.3 is 10.2 Å². The van der Waals surface area contributed by atoms with Crippen LogP contribution in [0.3, 0.4) is 0 Å². The zero-order valence-corrected chi connectivity index (χ0v) is 8.95. The van der Waals surface area contributed by atoms with Crippen LogP contribution in [0.25, 0.3) is 0 Å². The third-order valence-electron chi connectivity index (χ3n) is 5.09. The number of hydrogen-bond acceptors (Lipinski definition) is 2. The van der Waals surface area contributed by atoms with Gasteiger partial charge >= 0.3 is 5.97 Å². The van der Waals surface area contributed by atoms with Crippen molar-refractivity contribution in [1.29, 1.82) is 0 Å². The maximum Gasteiger partial charge on any atom is 0.309 e. The summed E-state index contributed by atoms with van der Waals surface area (Å²) >= 11 is 0. The van der Waals surface area contributed by atoms with Crippen LogP contribution in [0, 0.1) is 22.7 Å². The quantitative estimate of drug-likeness (QED) is 0.671. The lowest BCUT2D eigenvalue weighted by molar-refractivity contribution is -0.149. The monoisotopic (exact) mass is 198 g/mol. The van der Waals surface area contributed by atoms with Crippen molar-refractivity contribution in [2.24, 2.45) is 22.7 Å². The predicted molar refractivity (Wildman–Crippen MR) is 51.7 cm³/mol. The zero-order chi connectivity index (χ0) is 10.7. The van der Waals surface area contributed by atoms with E-state index >= 15 is 0 Å². The molecule has 0 saturated heterocycles. The van der Waals surface area contributed by atoms with Crippen LogP contribution < -0.4 is 0 Å². The number of aliphatic hydroxyl groups is 1. The molecule has 0 aromatic heterocycles. The van der Waals surface area contributed by atoms with E-state index in [0.29, 0.717) is 0 Å². The molecule has 0 amide bonds. The molecule has 4 atom stereocenters. The highest BCUT2D eigenvalue weighted by Crippen LogP contribution is 2.67. The van der Waals surface area contributed by atoms with Crippen molar-refractivity contribution in [2.75, 3.05) is 0 Å². The summed E-state index contributed by atoms with van der Waals surface area (Å²) in [5.41, 5.74) is -0.254. The molecule has 2 aliphatic rings. The molecule has 0 spiro atoms. The molecule has 14 heavy (non-hydrogen) atoms. The van der Waals surface area contributed by atoms with E-state index in [1.54, 1.807) is 0 Å². The lowest BCUT2D eigenvalue weighted by atomic mass is 9.70. The van der Waals surface area contributed by atoms with Crippen LogP contribution in [0.1, 0.15) is 33.6 Å². The predicted octanol–water partition coefficient (Wildman–Crippen LogP) is 1.50. The van der Waals surface area contributed by atoms with Gasteiger partial charge in [0.15, 0.2) is 0 Å². The number of fused-ring (bicyclic) bond motifs is 2. The summed E-state index contributed by atoms with van der Waals surface area (Å²) in [6.45, 7) is 6.22. The Bertz CT molecular complexity index is 284. The molecule has 0 radical (unpaired) electrons. The summed E-state index contributed by atoms with van der Waals surface area (Å²) in [6, 6.07) is 0. The second-order valence-corrected chi connectivity index (χ2v) is 5.59. The molecule has 0 aromatic carbocycles. The molecule has 3 nitrogen and oxygen atoms in total. The van der Waals surface area contributed by atoms with Gasteiger partial charge in [0.2, 0.25) is 0 Å². The number of carboxylic acids is 1.